The van der Waals surface area contributed by atoms with Crippen molar-refractivity contribution in [3.05, 3.63) is 223 Å². The van der Waals surface area contributed by atoms with E-state index in [9.17, 15) is 5.48 Å². The van der Waals surface area contributed by atoms with E-state index in [1.807, 2.05) is 114 Å². The smallest absolute Gasteiger partial charge is 0.135 e. The second kappa shape index (κ2) is 19.6. The quantitative estimate of drug-likeness (QED) is 0.112. The van der Waals surface area contributed by atoms with Gasteiger partial charge in [0.25, 0.3) is 0 Å². The van der Waals surface area contributed by atoms with Crippen molar-refractivity contribution < 1.29 is 48.8 Å². The van der Waals surface area contributed by atoms with E-state index in [0.717, 1.165) is 39.5 Å². The summed E-state index contributed by atoms with van der Waals surface area (Å²) in [6, 6.07) is 42.9. The number of para-hydroxylation sites is 3. The number of rotatable bonds is 8. The second-order valence-corrected chi connectivity index (χ2v) is 22.1. The predicted molar refractivity (Wildman–Crippen MR) is 296 cm³/mol. The second-order valence-electron chi connectivity index (χ2n) is 22.1. The number of hydrogen-bond donors (Lipinski definition) is 0. The molecule has 0 aliphatic carbocycles. The number of anilines is 4. The molecule has 76 heavy (non-hydrogen) atoms. The van der Waals surface area contributed by atoms with Crippen molar-refractivity contribution in [2.45, 2.75) is 78.6 Å². The summed E-state index contributed by atoms with van der Waals surface area (Å²) in [6.45, 7) is 19.6. The van der Waals surface area contributed by atoms with Crippen molar-refractivity contribution in [2.24, 2.45) is 0 Å². The fraction of sp³-hybridized carbons (Fsp3) is 0.182. The van der Waals surface area contributed by atoms with Gasteiger partial charge in [-0.15, -0.1) is 53.6 Å². The third-order valence-electron chi connectivity index (χ3n) is 13.6. The van der Waals surface area contributed by atoms with Crippen LogP contribution in [-0.2, 0) is 37.3 Å². The van der Waals surface area contributed by atoms with E-state index in [2.05, 4.69) is 43.5 Å². The van der Waals surface area contributed by atoms with Crippen molar-refractivity contribution in [1.29, 1.82) is 0 Å². The van der Waals surface area contributed by atoms with Crippen LogP contribution in [0.2, 0.25) is 0 Å². The van der Waals surface area contributed by atoms with Crippen molar-refractivity contribution in [3.63, 3.8) is 0 Å². The molecule has 0 N–H and O–H groups in total. The molecule has 0 spiro atoms. The van der Waals surface area contributed by atoms with Crippen LogP contribution in [0.3, 0.4) is 0 Å². The molecule has 11 rings (SSSR count). The van der Waals surface area contributed by atoms with E-state index in [4.69, 9.17) is 9.72 Å². The molecular weight excluding hydrogens is 1140 g/mol. The normalized spacial score (nSPS) is 13.6. The molecule has 1 aliphatic heterocycles. The maximum absolute atomic E-state index is 15.4. The van der Waals surface area contributed by atoms with Gasteiger partial charge in [-0.25, -0.2) is 22.5 Å². The Hall–Kier alpha value is -7.48. The number of halogens is 4. The molecule has 10 aromatic rings. The fourth-order valence-electron chi connectivity index (χ4n) is 9.65. The topological polar surface area (TPSA) is 33.5 Å². The zero-order valence-electron chi connectivity index (χ0n) is 47.4. The standard InChI is InChI=1S/C66H55F4N4O.Pt/c1-64(2,3)44-20-18-40(19-21-44)41-30-51(37-53(31-41)75-52-22-23-55-54-14-10-11-15-58(54)74(61(55)38-52)62-34-45(24-25-71-62)65(4,5)6)72-39-73(60-17-13-12-16-59(60)72)63-56(42-26-47(67)35-48(68)27-42)32-46(66(7,8)9)33-57(63)43-28-49(69)36-50(70)29-43;/h10-36,39H,1-9H3;/q-3;/i18D,19D,20D,21D;. The van der Waals surface area contributed by atoms with Gasteiger partial charge in [-0.3, -0.25) is 0 Å². The van der Waals surface area contributed by atoms with Gasteiger partial charge in [0.2, 0.25) is 0 Å². The molecule has 8 aromatic carbocycles. The first-order valence-electron chi connectivity index (χ1n) is 26.8. The minimum atomic E-state index is -0.819. The molecule has 0 fully saturated rings. The van der Waals surface area contributed by atoms with E-state index in [0.29, 0.717) is 51.0 Å². The Morgan fingerprint density at radius 2 is 1.08 bits per heavy atom. The Morgan fingerprint density at radius 1 is 0.513 bits per heavy atom. The number of aromatic nitrogens is 2. The molecule has 10 heteroatoms. The van der Waals surface area contributed by atoms with Gasteiger partial charge in [0.1, 0.15) is 29.1 Å². The monoisotopic (exact) mass is 1190 g/mol. The summed E-state index contributed by atoms with van der Waals surface area (Å²) in [5.41, 5.74) is 5.51. The average Bonchev–Trinajstić information content (AvgIpc) is 4.05. The first-order valence-corrected chi connectivity index (χ1v) is 24.8. The minimum absolute atomic E-state index is 0. The molecule has 3 heterocycles. The molecule has 0 atom stereocenters. The van der Waals surface area contributed by atoms with Gasteiger partial charge in [-0.05, 0) is 122 Å². The van der Waals surface area contributed by atoms with Gasteiger partial charge in [0, 0.05) is 84.6 Å². The molecule has 1 aliphatic rings. The maximum atomic E-state index is 15.4. The average molecular weight is 1200 g/mol. The van der Waals surface area contributed by atoms with Crippen molar-refractivity contribution >= 4 is 44.6 Å². The van der Waals surface area contributed by atoms with E-state index < -0.39 is 34.1 Å². The largest absolute Gasteiger partial charge is 0.509 e. The number of benzene rings is 8. The van der Waals surface area contributed by atoms with Crippen LogP contribution in [0.1, 0.15) is 84.5 Å². The van der Waals surface area contributed by atoms with Crippen LogP contribution in [0.15, 0.2) is 164 Å². The minimum Gasteiger partial charge on any atom is -0.509 e. The maximum Gasteiger partial charge on any atom is 0.135 e. The summed E-state index contributed by atoms with van der Waals surface area (Å²) >= 11 is 0. The summed E-state index contributed by atoms with van der Waals surface area (Å²) in [7, 11) is 0. The first-order chi connectivity index (χ1) is 37.3. The van der Waals surface area contributed by atoms with Gasteiger partial charge < -0.3 is 19.1 Å². The van der Waals surface area contributed by atoms with Crippen LogP contribution < -0.4 is 14.5 Å². The van der Waals surface area contributed by atoms with Gasteiger partial charge in [0.05, 0.1) is 5.48 Å². The van der Waals surface area contributed by atoms with E-state index in [-0.39, 0.29) is 84.2 Å². The van der Waals surface area contributed by atoms with E-state index in [1.165, 1.54) is 24.3 Å². The molecule has 0 saturated carbocycles. The Bertz CT molecular complexity index is 3980. The molecular formula is C66H55F4N4OPt-3. The van der Waals surface area contributed by atoms with Gasteiger partial charge in [-0.1, -0.05) is 122 Å². The van der Waals surface area contributed by atoms with Gasteiger partial charge >= 0.3 is 0 Å². The molecule has 2 aromatic heterocycles. The number of ether oxygens (including phenoxy) is 1. The molecule has 0 unspecified atom stereocenters. The Balaban J connectivity index is 0.00000720. The van der Waals surface area contributed by atoms with Crippen LogP contribution in [-0.4, -0.2) is 9.55 Å². The van der Waals surface area contributed by atoms with Crippen LogP contribution in [0.4, 0.5) is 40.3 Å². The summed E-state index contributed by atoms with van der Waals surface area (Å²) in [6.07, 6.45) is 1.80. The summed E-state index contributed by atoms with van der Waals surface area (Å²) in [4.78, 5) is 8.44. The third kappa shape index (κ3) is 9.94. The zero-order valence-corrected chi connectivity index (χ0v) is 45.7. The Kier molecular flexibility index (Phi) is 12.1. The number of pyridine rings is 1. The molecule has 0 amide bonds. The van der Waals surface area contributed by atoms with Crippen molar-refractivity contribution in [2.75, 3.05) is 9.80 Å². The van der Waals surface area contributed by atoms with Crippen LogP contribution in [0.25, 0.3) is 61.0 Å². The Labute approximate surface area is 462 Å². The van der Waals surface area contributed by atoms with Crippen LogP contribution in [0.5, 0.6) is 11.5 Å². The SMILES string of the molecule is [2H]c1c([2H])c(C(C)(C)C)c([2H])c([2H])c1-c1cc(Oc2[c-]c3c(cc2)c2ccccc2n3-c2cc(C(C)(C)C)ccn2)[c-]c(N2[CH-]N(c3c(-c4cc(F)cc(F)c4)cc(C(C)(C)C)cc3-c3cc(F)cc(F)c3)c3ccccc32)c1.[Pt]. The third-order valence-corrected chi connectivity index (χ3v) is 13.6. The van der Waals surface area contributed by atoms with Gasteiger partial charge in [-0.2, -0.15) is 6.07 Å². The molecule has 0 bridgehead atoms. The molecule has 0 radical (unpaired) electrons. The Morgan fingerprint density at radius 3 is 1.67 bits per heavy atom. The molecule has 5 nitrogen and oxygen atoms in total. The number of fused-ring (bicyclic) bond motifs is 4. The number of nitrogens with zero attached hydrogens (tertiary/aromatic N) is 4. The molecule has 386 valence electrons. The fourth-order valence-corrected chi connectivity index (χ4v) is 9.65. The van der Waals surface area contributed by atoms with Crippen LogP contribution in [0, 0.1) is 42.1 Å². The summed E-state index contributed by atoms with van der Waals surface area (Å²) in [5.74, 6) is -2.14. The van der Waals surface area contributed by atoms with Crippen LogP contribution >= 0.6 is 0 Å². The zero-order chi connectivity index (χ0) is 56.2. The summed E-state index contributed by atoms with van der Waals surface area (Å²) < 4.78 is 108. The van der Waals surface area contributed by atoms with Gasteiger partial charge in [0.15, 0.2) is 0 Å². The molecule has 0 saturated heterocycles. The number of hydrogen-bond acceptors (Lipinski definition) is 4. The van der Waals surface area contributed by atoms with E-state index in [1.54, 1.807) is 40.9 Å². The first kappa shape index (κ1) is 47.0. The summed E-state index contributed by atoms with van der Waals surface area (Å²) in [5, 5.41) is 1.89. The van der Waals surface area contributed by atoms with E-state index >= 15 is 17.6 Å². The van der Waals surface area contributed by atoms with Crippen molar-refractivity contribution in [1.82, 2.24) is 9.55 Å². The predicted octanol–water partition coefficient (Wildman–Crippen LogP) is 18.4. The van der Waals surface area contributed by atoms with Crippen molar-refractivity contribution in [3.8, 4) is 50.7 Å².